The number of benzene rings is 1. The van der Waals surface area contributed by atoms with Crippen LogP contribution in [0.15, 0.2) is 34.7 Å². The van der Waals surface area contributed by atoms with Gasteiger partial charge in [-0.05, 0) is 35.4 Å². The molecule has 112 valence electrons. The highest BCUT2D eigenvalue weighted by Crippen LogP contribution is 2.31. The standard InChI is InChI=1S/C13H13N7S2/c1-2-4-10(5-3-1)20-11(15-18-19-20)8-21-13-17-16-12(22-13)14-9-6-7-9/h1-5,9H,6-8H2,(H,14,16). The van der Waals surface area contributed by atoms with Gasteiger partial charge in [0.15, 0.2) is 10.2 Å². The van der Waals surface area contributed by atoms with Gasteiger partial charge in [-0.3, -0.25) is 0 Å². The summed E-state index contributed by atoms with van der Waals surface area (Å²) >= 11 is 3.17. The summed E-state index contributed by atoms with van der Waals surface area (Å²) in [4.78, 5) is 0. The molecular formula is C13H13N7S2. The highest BCUT2D eigenvalue weighted by molar-refractivity contribution is 8.00. The van der Waals surface area contributed by atoms with E-state index in [1.807, 2.05) is 30.3 Å². The third-order valence-corrected chi connectivity index (χ3v) is 5.15. The van der Waals surface area contributed by atoms with E-state index in [2.05, 4.69) is 31.0 Å². The average molecular weight is 331 g/mol. The van der Waals surface area contributed by atoms with E-state index in [-0.39, 0.29) is 0 Å². The van der Waals surface area contributed by atoms with Crippen molar-refractivity contribution in [1.29, 1.82) is 0 Å². The van der Waals surface area contributed by atoms with Crippen LogP contribution in [0.5, 0.6) is 0 Å². The summed E-state index contributed by atoms with van der Waals surface area (Å²) in [6, 6.07) is 10.5. The van der Waals surface area contributed by atoms with Gasteiger partial charge in [0, 0.05) is 6.04 Å². The van der Waals surface area contributed by atoms with E-state index in [4.69, 9.17) is 0 Å². The second kappa shape index (κ2) is 6.01. The van der Waals surface area contributed by atoms with Crippen molar-refractivity contribution in [2.24, 2.45) is 0 Å². The summed E-state index contributed by atoms with van der Waals surface area (Å²) < 4.78 is 2.67. The van der Waals surface area contributed by atoms with E-state index in [1.165, 1.54) is 12.8 Å². The molecule has 0 radical (unpaired) electrons. The van der Waals surface area contributed by atoms with E-state index in [1.54, 1.807) is 27.8 Å². The van der Waals surface area contributed by atoms with Crippen molar-refractivity contribution >= 4 is 28.2 Å². The molecule has 0 aliphatic heterocycles. The quantitative estimate of drug-likeness (QED) is 0.694. The molecule has 1 saturated carbocycles. The molecule has 0 spiro atoms. The SMILES string of the molecule is c1ccc(-n2nnnc2CSc2nnc(NC3CC3)s2)cc1. The molecule has 0 atom stereocenters. The average Bonchev–Trinajstić information content (AvgIpc) is 3.06. The predicted octanol–water partition coefficient (Wildman–Crippen LogP) is 2.38. The first-order valence-corrected chi connectivity index (χ1v) is 8.74. The Morgan fingerprint density at radius 2 is 2.05 bits per heavy atom. The van der Waals surface area contributed by atoms with E-state index < -0.39 is 0 Å². The van der Waals surface area contributed by atoms with Crippen molar-refractivity contribution in [3.05, 3.63) is 36.2 Å². The van der Waals surface area contributed by atoms with Gasteiger partial charge in [0.05, 0.1) is 11.4 Å². The monoisotopic (exact) mass is 331 g/mol. The lowest BCUT2D eigenvalue weighted by Crippen LogP contribution is -2.01. The number of tetrazole rings is 1. The molecule has 1 fully saturated rings. The van der Waals surface area contributed by atoms with Crippen LogP contribution < -0.4 is 5.32 Å². The minimum atomic E-state index is 0.594. The lowest BCUT2D eigenvalue weighted by Gasteiger charge is -2.02. The predicted molar refractivity (Wildman–Crippen MR) is 85.3 cm³/mol. The van der Waals surface area contributed by atoms with E-state index in [0.717, 1.165) is 21.0 Å². The number of hydrogen-bond acceptors (Lipinski definition) is 8. The highest BCUT2D eigenvalue weighted by Gasteiger charge is 2.22. The Labute approximate surface area is 135 Å². The van der Waals surface area contributed by atoms with Crippen molar-refractivity contribution in [1.82, 2.24) is 30.4 Å². The zero-order valence-electron chi connectivity index (χ0n) is 11.6. The number of nitrogens with zero attached hydrogens (tertiary/aromatic N) is 6. The van der Waals surface area contributed by atoms with Gasteiger partial charge in [0.25, 0.3) is 0 Å². The van der Waals surface area contributed by atoms with E-state index >= 15 is 0 Å². The Hall–Kier alpha value is -2.00. The zero-order valence-corrected chi connectivity index (χ0v) is 13.2. The Morgan fingerprint density at radius 3 is 2.86 bits per heavy atom. The van der Waals surface area contributed by atoms with Crippen molar-refractivity contribution in [2.75, 3.05) is 5.32 Å². The summed E-state index contributed by atoms with van der Waals surface area (Å²) in [5.74, 6) is 1.45. The molecule has 1 aliphatic carbocycles. The Morgan fingerprint density at radius 1 is 1.18 bits per heavy atom. The second-order valence-corrected chi connectivity index (χ2v) is 7.12. The summed E-state index contributed by atoms with van der Waals surface area (Å²) in [7, 11) is 0. The third-order valence-electron chi connectivity index (χ3n) is 3.17. The number of anilines is 1. The fraction of sp³-hybridized carbons (Fsp3) is 0.308. The van der Waals surface area contributed by atoms with Gasteiger partial charge in [-0.2, -0.15) is 4.68 Å². The normalized spacial score (nSPS) is 14.2. The van der Waals surface area contributed by atoms with Crippen LogP contribution >= 0.6 is 23.1 Å². The maximum atomic E-state index is 4.19. The number of aromatic nitrogens is 6. The van der Waals surface area contributed by atoms with Crippen LogP contribution in [-0.4, -0.2) is 36.4 Å². The molecule has 3 aromatic rings. The number of rotatable bonds is 6. The van der Waals surface area contributed by atoms with E-state index in [0.29, 0.717) is 11.8 Å². The first-order valence-electron chi connectivity index (χ1n) is 6.94. The van der Waals surface area contributed by atoms with Crippen molar-refractivity contribution in [3.63, 3.8) is 0 Å². The largest absolute Gasteiger partial charge is 0.357 e. The summed E-state index contributed by atoms with van der Waals surface area (Å²) in [5.41, 5.74) is 0.955. The van der Waals surface area contributed by atoms with Crippen LogP contribution in [0.3, 0.4) is 0 Å². The molecule has 1 N–H and O–H groups in total. The topological polar surface area (TPSA) is 81.4 Å². The van der Waals surface area contributed by atoms with Gasteiger partial charge in [0.1, 0.15) is 0 Å². The molecular weight excluding hydrogens is 318 g/mol. The molecule has 7 nitrogen and oxygen atoms in total. The Kier molecular flexibility index (Phi) is 3.73. The van der Waals surface area contributed by atoms with Gasteiger partial charge in [-0.25, -0.2) is 0 Å². The molecule has 0 bridgehead atoms. The highest BCUT2D eigenvalue weighted by atomic mass is 32.2. The molecule has 0 saturated heterocycles. The molecule has 1 aromatic carbocycles. The number of hydrogen-bond donors (Lipinski definition) is 1. The summed E-state index contributed by atoms with van der Waals surface area (Å²) in [6.45, 7) is 0. The first-order chi connectivity index (χ1) is 10.9. The van der Waals surface area contributed by atoms with E-state index in [9.17, 15) is 0 Å². The van der Waals surface area contributed by atoms with Crippen LogP contribution in [-0.2, 0) is 5.75 Å². The van der Waals surface area contributed by atoms with Crippen LogP contribution in [0.25, 0.3) is 5.69 Å². The van der Waals surface area contributed by atoms with Crippen LogP contribution in [0.1, 0.15) is 18.7 Å². The van der Waals surface area contributed by atoms with Crippen LogP contribution in [0.2, 0.25) is 0 Å². The van der Waals surface area contributed by atoms with Crippen molar-refractivity contribution < 1.29 is 0 Å². The molecule has 0 unspecified atom stereocenters. The lowest BCUT2D eigenvalue weighted by atomic mass is 10.3. The molecule has 2 aromatic heterocycles. The minimum absolute atomic E-state index is 0.594. The maximum absolute atomic E-state index is 4.19. The maximum Gasteiger partial charge on any atom is 0.206 e. The Bertz CT molecular complexity index is 751. The molecule has 4 rings (SSSR count). The van der Waals surface area contributed by atoms with Crippen molar-refractivity contribution in [2.45, 2.75) is 29.0 Å². The minimum Gasteiger partial charge on any atom is -0.357 e. The van der Waals surface area contributed by atoms with Gasteiger partial charge < -0.3 is 5.32 Å². The molecule has 2 heterocycles. The van der Waals surface area contributed by atoms with Gasteiger partial charge in [-0.15, -0.1) is 15.3 Å². The second-order valence-electron chi connectivity index (χ2n) is 4.92. The van der Waals surface area contributed by atoms with Crippen molar-refractivity contribution in [3.8, 4) is 5.69 Å². The van der Waals surface area contributed by atoms with Crippen LogP contribution in [0, 0.1) is 0 Å². The lowest BCUT2D eigenvalue weighted by molar-refractivity contribution is 0.777. The van der Waals surface area contributed by atoms with Gasteiger partial charge in [-0.1, -0.05) is 41.3 Å². The number of thioether (sulfide) groups is 1. The molecule has 22 heavy (non-hydrogen) atoms. The van der Waals surface area contributed by atoms with Gasteiger partial charge >= 0.3 is 0 Å². The molecule has 0 amide bonds. The summed E-state index contributed by atoms with van der Waals surface area (Å²) in [5, 5.41) is 24.5. The fourth-order valence-electron chi connectivity index (χ4n) is 1.92. The fourth-order valence-corrected chi connectivity index (χ4v) is 3.66. The number of nitrogens with one attached hydrogen (secondary N) is 1. The first kappa shape index (κ1) is 13.6. The Balaban J connectivity index is 1.43. The summed E-state index contributed by atoms with van der Waals surface area (Å²) in [6.07, 6.45) is 2.46. The molecule has 1 aliphatic rings. The zero-order chi connectivity index (χ0) is 14.8. The number of para-hydroxylation sites is 1. The van der Waals surface area contributed by atoms with Crippen LogP contribution in [0.4, 0.5) is 5.13 Å². The smallest absolute Gasteiger partial charge is 0.206 e. The third kappa shape index (κ3) is 3.09. The van der Waals surface area contributed by atoms with Gasteiger partial charge in [0.2, 0.25) is 5.13 Å². The molecule has 9 heteroatoms.